The minimum atomic E-state index is -0.524. The highest BCUT2D eigenvalue weighted by Gasteiger charge is 2.27. The normalized spacial score (nSPS) is 14.6. The number of hydrogen-bond donors (Lipinski definition) is 0. The summed E-state index contributed by atoms with van der Waals surface area (Å²) < 4.78 is 19.0. The van der Waals surface area contributed by atoms with Crippen LogP contribution in [0.3, 0.4) is 0 Å². The molecular formula is C18H21FN4O3. The molecule has 138 valence electrons. The van der Waals surface area contributed by atoms with Gasteiger partial charge in [0.2, 0.25) is 0 Å². The average molecular weight is 360 g/mol. The van der Waals surface area contributed by atoms with Gasteiger partial charge in [0.25, 0.3) is 5.91 Å². The number of halogens is 1. The number of ether oxygens (including phenoxy) is 1. The van der Waals surface area contributed by atoms with Gasteiger partial charge in [0, 0.05) is 32.2 Å². The lowest BCUT2D eigenvalue weighted by atomic mass is 10.1. The van der Waals surface area contributed by atoms with Crippen LogP contribution >= 0.6 is 0 Å². The van der Waals surface area contributed by atoms with Crippen LogP contribution in [0.1, 0.15) is 28.7 Å². The lowest BCUT2D eigenvalue weighted by Gasteiger charge is -2.34. The number of amides is 2. The van der Waals surface area contributed by atoms with Gasteiger partial charge in [0.15, 0.2) is 0 Å². The molecule has 1 aliphatic heterocycles. The number of nitrogens with zero attached hydrogens (tertiary/aromatic N) is 4. The van der Waals surface area contributed by atoms with Gasteiger partial charge in [-0.2, -0.15) is 0 Å². The molecule has 0 saturated carbocycles. The molecule has 1 aromatic carbocycles. The number of aryl methyl sites for hydroxylation is 2. The zero-order valence-electron chi connectivity index (χ0n) is 15.1. The van der Waals surface area contributed by atoms with Crippen molar-refractivity contribution in [1.82, 2.24) is 19.8 Å². The third-order valence-corrected chi connectivity index (χ3v) is 4.47. The summed E-state index contributed by atoms with van der Waals surface area (Å²) in [4.78, 5) is 36.6. The Morgan fingerprint density at radius 2 is 1.69 bits per heavy atom. The molecule has 0 spiro atoms. The van der Waals surface area contributed by atoms with Gasteiger partial charge in [0.05, 0.1) is 29.1 Å². The first-order chi connectivity index (χ1) is 12.4. The minimum Gasteiger partial charge on any atom is -0.450 e. The molecule has 0 aliphatic carbocycles. The van der Waals surface area contributed by atoms with Crippen molar-refractivity contribution in [1.29, 1.82) is 0 Å². The van der Waals surface area contributed by atoms with E-state index in [4.69, 9.17) is 4.74 Å². The lowest BCUT2D eigenvalue weighted by molar-refractivity contribution is 0.0571. The summed E-state index contributed by atoms with van der Waals surface area (Å²) >= 11 is 0. The largest absolute Gasteiger partial charge is 0.450 e. The van der Waals surface area contributed by atoms with Gasteiger partial charge < -0.3 is 14.5 Å². The minimum absolute atomic E-state index is 0.195. The first kappa shape index (κ1) is 18.0. The van der Waals surface area contributed by atoms with Crippen LogP contribution in [-0.2, 0) is 4.74 Å². The van der Waals surface area contributed by atoms with E-state index in [-0.39, 0.29) is 17.6 Å². The number of piperazine rings is 1. The Hall–Kier alpha value is -2.77. The predicted octanol–water partition coefficient (Wildman–Crippen LogP) is 2.30. The topological polar surface area (TPSA) is 75.6 Å². The summed E-state index contributed by atoms with van der Waals surface area (Å²) in [6.45, 7) is 7.12. The van der Waals surface area contributed by atoms with Gasteiger partial charge in [-0.15, -0.1) is 0 Å². The van der Waals surface area contributed by atoms with Crippen LogP contribution in [0.2, 0.25) is 0 Å². The Labute approximate surface area is 150 Å². The fourth-order valence-corrected chi connectivity index (χ4v) is 2.94. The summed E-state index contributed by atoms with van der Waals surface area (Å²) in [5, 5.41) is 0. The van der Waals surface area contributed by atoms with Crippen molar-refractivity contribution in [3.05, 3.63) is 34.9 Å². The van der Waals surface area contributed by atoms with E-state index in [1.165, 1.54) is 12.1 Å². The molecule has 0 atom stereocenters. The molecule has 3 rings (SSSR count). The standard InChI is InChI=1S/C18H21FN4O3/c1-4-26-18(25)23-7-5-22(6-8-23)17(24)14-9-13(19)10-15-16(14)21-12(3)11(2)20-15/h9-10H,4-8H2,1-3H3. The van der Waals surface area contributed by atoms with Crippen molar-refractivity contribution in [2.24, 2.45) is 0 Å². The molecule has 1 aromatic heterocycles. The maximum absolute atomic E-state index is 14.0. The molecule has 26 heavy (non-hydrogen) atoms. The molecular weight excluding hydrogens is 339 g/mol. The van der Waals surface area contributed by atoms with Crippen molar-refractivity contribution in [3.8, 4) is 0 Å². The molecule has 1 aliphatic rings. The second-order valence-electron chi connectivity index (χ2n) is 6.19. The van der Waals surface area contributed by atoms with E-state index in [0.29, 0.717) is 55.2 Å². The van der Waals surface area contributed by atoms with Crippen molar-refractivity contribution in [2.45, 2.75) is 20.8 Å². The summed E-state index contributed by atoms with van der Waals surface area (Å²) in [6.07, 6.45) is -0.382. The van der Waals surface area contributed by atoms with Crippen LogP contribution in [0.15, 0.2) is 12.1 Å². The van der Waals surface area contributed by atoms with E-state index < -0.39 is 5.82 Å². The molecule has 0 bridgehead atoms. The van der Waals surface area contributed by atoms with Crippen molar-refractivity contribution < 1.29 is 18.7 Å². The highest BCUT2D eigenvalue weighted by atomic mass is 19.1. The fourth-order valence-electron chi connectivity index (χ4n) is 2.94. The van der Waals surface area contributed by atoms with E-state index in [1.807, 2.05) is 0 Å². The summed E-state index contributed by atoms with van der Waals surface area (Å²) in [7, 11) is 0. The van der Waals surface area contributed by atoms with Gasteiger partial charge in [-0.05, 0) is 26.8 Å². The Balaban J connectivity index is 1.85. The highest BCUT2D eigenvalue weighted by molar-refractivity contribution is 6.04. The quantitative estimate of drug-likeness (QED) is 0.821. The number of carbonyl (C=O) groups excluding carboxylic acids is 2. The number of rotatable bonds is 2. The zero-order chi connectivity index (χ0) is 18.8. The monoisotopic (exact) mass is 360 g/mol. The number of hydrogen-bond acceptors (Lipinski definition) is 5. The van der Waals surface area contributed by atoms with Crippen molar-refractivity contribution in [2.75, 3.05) is 32.8 Å². The first-order valence-corrected chi connectivity index (χ1v) is 8.56. The summed E-state index contributed by atoms with van der Waals surface area (Å²) in [6, 6.07) is 2.48. The zero-order valence-corrected chi connectivity index (χ0v) is 15.1. The molecule has 1 fully saturated rings. The van der Waals surface area contributed by atoms with E-state index in [1.54, 1.807) is 30.6 Å². The Kier molecular flexibility index (Phi) is 5.01. The van der Waals surface area contributed by atoms with Crippen molar-refractivity contribution >= 4 is 23.0 Å². The molecule has 8 heteroatoms. The van der Waals surface area contributed by atoms with Gasteiger partial charge in [-0.1, -0.05) is 0 Å². The number of fused-ring (bicyclic) bond motifs is 1. The molecule has 2 amide bonds. The van der Waals surface area contributed by atoms with Crippen LogP contribution in [0.25, 0.3) is 11.0 Å². The van der Waals surface area contributed by atoms with Gasteiger partial charge in [-0.3, -0.25) is 4.79 Å². The van der Waals surface area contributed by atoms with E-state index in [0.717, 1.165) is 0 Å². The predicted molar refractivity (Wildman–Crippen MR) is 93.5 cm³/mol. The maximum Gasteiger partial charge on any atom is 0.409 e. The van der Waals surface area contributed by atoms with Gasteiger partial charge in [-0.25, -0.2) is 19.2 Å². The second-order valence-corrected chi connectivity index (χ2v) is 6.19. The van der Waals surface area contributed by atoms with Gasteiger partial charge >= 0.3 is 6.09 Å². The Bertz CT molecular complexity index is 863. The average Bonchev–Trinajstić information content (AvgIpc) is 2.62. The molecule has 0 radical (unpaired) electrons. The fraction of sp³-hybridized carbons (Fsp3) is 0.444. The summed E-state index contributed by atoms with van der Waals surface area (Å²) in [5.41, 5.74) is 2.35. The van der Waals surface area contributed by atoms with E-state index in [9.17, 15) is 14.0 Å². The van der Waals surface area contributed by atoms with Gasteiger partial charge in [0.1, 0.15) is 11.3 Å². The van der Waals surface area contributed by atoms with E-state index in [2.05, 4.69) is 9.97 Å². The molecule has 2 aromatic rings. The molecule has 2 heterocycles. The SMILES string of the molecule is CCOC(=O)N1CCN(C(=O)c2cc(F)cc3nc(C)c(C)nc23)CC1. The third kappa shape index (κ3) is 3.44. The highest BCUT2D eigenvalue weighted by Crippen LogP contribution is 2.21. The second kappa shape index (κ2) is 7.23. The van der Waals surface area contributed by atoms with Crippen LogP contribution in [-0.4, -0.2) is 64.6 Å². The van der Waals surface area contributed by atoms with E-state index >= 15 is 0 Å². The summed E-state index contributed by atoms with van der Waals surface area (Å²) in [5.74, 6) is -0.834. The van der Waals surface area contributed by atoms with Crippen LogP contribution in [0, 0.1) is 19.7 Å². The number of carbonyl (C=O) groups is 2. The van der Waals surface area contributed by atoms with Crippen LogP contribution in [0.4, 0.5) is 9.18 Å². The lowest BCUT2D eigenvalue weighted by Crippen LogP contribution is -2.50. The Morgan fingerprint density at radius 1 is 1.08 bits per heavy atom. The third-order valence-electron chi connectivity index (χ3n) is 4.47. The maximum atomic E-state index is 14.0. The van der Waals surface area contributed by atoms with Crippen LogP contribution < -0.4 is 0 Å². The number of benzene rings is 1. The first-order valence-electron chi connectivity index (χ1n) is 8.56. The molecule has 7 nitrogen and oxygen atoms in total. The molecule has 1 saturated heterocycles. The molecule has 0 unspecified atom stereocenters. The Morgan fingerprint density at radius 3 is 2.35 bits per heavy atom. The molecule has 0 N–H and O–H groups in total. The smallest absolute Gasteiger partial charge is 0.409 e. The van der Waals surface area contributed by atoms with Crippen molar-refractivity contribution in [3.63, 3.8) is 0 Å². The number of aromatic nitrogens is 2. The van der Waals surface area contributed by atoms with Crippen LogP contribution in [0.5, 0.6) is 0 Å².